The zero-order chi connectivity index (χ0) is 21.5. The number of amides is 1. The number of carbonyl (C=O) groups excluding carboxylic acids is 1. The maximum atomic E-state index is 12.4. The Balaban J connectivity index is 1.71. The molecule has 1 aromatic carbocycles. The lowest BCUT2D eigenvalue weighted by Gasteiger charge is -2.10. The Hall–Kier alpha value is -3.79. The first-order valence-corrected chi connectivity index (χ1v) is 9.72. The van der Waals surface area contributed by atoms with Crippen molar-refractivity contribution in [2.24, 2.45) is 0 Å². The second kappa shape index (κ2) is 9.61. The second-order valence-electron chi connectivity index (χ2n) is 6.94. The lowest BCUT2D eigenvalue weighted by atomic mass is 10.1. The summed E-state index contributed by atoms with van der Waals surface area (Å²) in [5, 5.41) is 12.3. The van der Waals surface area contributed by atoms with Crippen LogP contribution in [0.1, 0.15) is 23.4 Å². The molecule has 0 radical (unpaired) electrons. The highest BCUT2D eigenvalue weighted by molar-refractivity contribution is 6.01. The molecule has 3 aromatic rings. The summed E-state index contributed by atoms with van der Waals surface area (Å²) in [5.41, 5.74) is 3.90. The fourth-order valence-corrected chi connectivity index (χ4v) is 3.34. The van der Waals surface area contributed by atoms with Crippen LogP contribution in [0.5, 0.6) is 5.75 Å². The van der Waals surface area contributed by atoms with Gasteiger partial charge in [0.25, 0.3) is 5.91 Å². The van der Waals surface area contributed by atoms with Gasteiger partial charge in [0.05, 0.1) is 13.4 Å². The molecule has 3 rings (SSSR count). The van der Waals surface area contributed by atoms with E-state index in [-0.39, 0.29) is 11.5 Å². The molecule has 0 spiro atoms. The normalized spacial score (nSPS) is 11.2. The predicted octanol–water partition coefficient (Wildman–Crippen LogP) is 3.41. The van der Waals surface area contributed by atoms with Crippen molar-refractivity contribution >= 4 is 12.0 Å². The summed E-state index contributed by atoms with van der Waals surface area (Å²) in [6.45, 7) is 5.22. The van der Waals surface area contributed by atoms with Gasteiger partial charge < -0.3 is 19.2 Å². The number of hydrogen-bond donors (Lipinski definition) is 1. The molecule has 1 N–H and O–H groups in total. The maximum absolute atomic E-state index is 12.4. The SMILES string of the molecule is COc1ccc(-n2c(C)cc(C=C(C#N)C(=O)NCCCn3ccnc3)c2C)cc1. The van der Waals surface area contributed by atoms with Crippen LogP contribution in [0.4, 0.5) is 0 Å². The topological polar surface area (TPSA) is 84.9 Å². The maximum Gasteiger partial charge on any atom is 0.261 e. The Morgan fingerprint density at radius 2 is 2.07 bits per heavy atom. The number of nitrogens with one attached hydrogen (secondary N) is 1. The van der Waals surface area contributed by atoms with Crippen LogP contribution in [0.25, 0.3) is 11.8 Å². The third-order valence-electron chi connectivity index (χ3n) is 4.90. The van der Waals surface area contributed by atoms with E-state index in [2.05, 4.69) is 14.9 Å². The minimum atomic E-state index is -0.364. The largest absolute Gasteiger partial charge is 0.497 e. The molecular weight excluding hydrogens is 378 g/mol. The number of hydrogen-bond acceptors (Lipinski definition) is 4. The predicted molar refractivity (Wildman–Crippen MR) is 115 cm³/mol. The summed E-state index contributed by atoms with van der Waals surface area (Å²) in [6.07, 6.45) is 7.74. The van der Waals surface area contributed by atoms with Crippen molar-refractivity contribution in [3.63, 3.8) is 0 Å². The summed E-state index contributed by atoms with van der Waals surface area (Å²) in [5.74, 6) is 0.426. The third-order valence-corrected chi connectivity index (χ3v) is 4.90. The lowest BCUT2D eigenvalue weighted by Crippen LogP contribution is -2.26. The quantitative estimate of drug-likeness (QED) is 0.355. The Kier molecular flexibility index (Phi) is 6.71. The molecule has 0 aliphatic rings. The molecule has 0 aliphatic heterocycles. The first kappa shape index (κ1) is 20.9. The van der Waals surface area contributed by atoms with E-state index in [9.17, 15) is 10.1 Å². The molecule has 1 amide bonds. The van der Waals surface area contributed by atoms with E-state index in [0.717, 1.165) is 41.4 Å². The van der Waals surface area contributed by atoms with Gasteiger partial charge in [0.15, 0.2) is 0 Å². The summed E-state index contributed by atoms with van der Waals surface area (Å²) in [6, 6.07) is 11.8. The van der Waals surface area contributed by atoms with Crippen molar-refractivity contribution in [2.75, 3.05) is 13.7 Å². The third kappa shape index (κ3) is 4.78. The monoisotopic (exact) mass is 403 g/mol. The van der Waals surface area contributed by atoms with E-state index in [1.807, 2.05) is 61.0 Å². The Bertz CT molecular complexity index is 1070. The number of benzene rings is 1. The standard InChI is InChI=1S/C23H25N5O2/c1-17-13-19(18(2)28(17)21-5-7-22(30-3)8-6-21)14-20(15-24)23(29)26-9-4-11-27-12-10-25-16-27/h5-8,10,12-14,16H,4,9,11H2,1-3H3,(H,26,29). The zero-order valence-corrected chi connectivity index (χ0v) is 17.4. The van der Waals surface area contributed by atoms with Gasteiger partial charge in [0.1, 0.15) is 17.4 Å². The van der Waals surface area contributed by atoms with Gasteiger partial charge in [-0.1, -0.05) is 0 Å². The molecule has 0 bridgehead atoms. The fraction of sp³-hybridized carbons (Fsp3) is 0.261. The molecule has 0 unspecified atom stereocenters. The first-order valence-electron chi connectivity index (χ1n) is 9.72. The number of rotatable bonds is 8. The van der Waals surface area contributed by atoms with E-state index in [4.69, 9.17) is 4.74 Å². The molecule has 2 heterocycles. The summed E-state index contributed by atoms with van der Waals surface area (Å²) in [4.78, 5) is 16.4. The van der Waals surface area contributed by atoms with Crippen LogP contribution in [0.15, 0.2) is 54.6 Å². The van der Waals surface area contributed by atoms with Gasteiger partial charge in [0, 0.05) is 42.6 Å². The lowest BCUT2D eigenvalue weighted by molar-refractivity contribution is -0.117. The second-order valence-corrected chi connectivity index (χ2v) is 6.94. The van der Waals surface area contributed by atoms with E-state index in [0.29, 0.717) is 6.54 Å². The molecular formula is C23H25N5O2. The van der Waals surface area contributed by atoms with E-state index in [1.54, 1.807) is 25.7 Å². The van der Waals surface area contributed by atoms with Gasteiger partial charge in [-0.25, -0.2) is 4.98 Å². The molecule has 0 saturated heterocycles. The van der Waals surface area contributed by atoms with Crippen LogP contribution in [-0.4, -0.2) is 33.7 Å². The van der Waals surface area contributed by atoms with Crippen LogP contribution in [0, 0.1) is 25.2 Å². The molecule has 30 heavy (non-hydrogen) atoms. The van der Waals surface area contributed by atoms with E-state index < -0.39 is 0 Å². The molecule has 0 saturated carbocycles. The van der Waals surface area contributed by atoms with Crippen molar-refractivity contribution in [3.8, 4) is 17.5 Å². The minimum Gasteiger partial charge on any atom is -0.497 e. The Labute approximate surface area is 176 Å². The number of aryl methyl sites for hydroxylation is 2. The van der Waals surface area contributed by atoms with Crippen molar-refractivity contribution in [3.05, 3.63) is 71.6 Å². The van der Waals surface area contributed by atoms with Crippen LogP contribution in [0.3, 0.4) is 0 Å². The van der Waals surface area contributed by atoms with Crippen LogP contribution in [0.2, 0.25) is 0 Å². The highest BCUT2D eigenvalue weighted by atomic mass is 16.5. The molecule has 7 heteroatoms. The summed E-state index contributed by atoms with van der Waals surface area (Å²) >= 11 is 0. The fourth-order valence-electron chi connectivity index (χ4n) is 3.34. The van der Waals surface area contributed by atoms with Crippen LogP contribution in [-0.2, 0) is 11.3 Å². The average Bonchev–Trinajstić information content (AvgIpc) is 3.37. The number of nitrogens with zero attached hydrogens (tertiary/aromatic N) is 4. The Morgan fingerprint density at radius 3 is 2.70 bits per heavy atom. The molecule has 0 atom stereocenters. The molecule has 0 fully saturated rings. The number of ether oxygens (including phenoxy) is 1. The molecule has 2 aromatic heterocycles. The number of methoxy groups -OCH3 is 1. The van der Waals surface area contributed by atoms with Crippen molar-refractivity contribution in [1.82, 2.24) is 19.4 Å². The summed E-state index contributed by atoms with van der Waals surface area (Å²) in [7, 11) is 1.64. The van der Waals surface area contributed by atoms with Crippen LogP contribution < -0.4 is 10.1 Å². The van der Waals surface area contributed by atoms with Crippen LogP contribution >= 0.6 is 0 Å². The van der Waals surface area contributed by atoms with Crippen molar-refractivity contribution < 1.29 is 9.53 Å². The van der Waals surface area contributed by atoms with Gasteiger partial charge in [-0.2, -0.15) is 5.26 Å². The highest BCUT2D eigenvalue weighted by Gasteiger charge is 2.13. The van der Waals surface area contributed by atoms with Gasteiger partial charge in [-0.05, 0) is 62.2 Å². The number of nitriles is 1. The number of carbonyl (C=O) groups is 1. The van der Waals surface area contributed by atoms with E-state index >= 15 is 0 Å². The van der Waals surface area contributed by atoms with Gasteiger partial charge in [-0.3, -0.25) is 4.79 Å². The van der Waals surface area contributed by atoms with Crippen molar-refractivity contribution in [2.45, 2.75) is 26.8 Å². The van der Waals surface area contributed by atoms with Gasteiger partial charge >= 0.3 is 0 Å². The number of imidazole rings is 1. The molecule has 7 nitrogen and oxygen atoms in total. The molecule has 0 aliphatic carbocycles. The smallest absolute Gasteiger partial charge is 0.261 e. The summed E-state index contributed by atoms with van der Waals surface area (Å²) < 4.78 is 9.25. The minimum absolute atomic E-state index is 0.0904. The van der Waals surface area contributed by atoms with Gasteiger partial charge in [-0.15, -0.1) is 0 Å². The number of aromatic nitrogens is 3. The highest BCUT2D eigenvalue weighted by Crippen LogP contribution is 2.24. The average molecular weight is 403 g/mol. The first-order chi connectivity index (χ1) is 14.5. The zero-order valence-electron chi connectivity index (χ0n) is 17.4. The molecule has 154 valence electrons. The van der Waals surface area contributed by atoms with Gasteiger partial charge in [0.2, 0.25) is 0 Å². The Morgan fingerprint density at radius 1 is 1.30 bits per heavy atom. The van der Waals surface area contributed by atoms with Crippen molar-refractivity contribution in [1.29, 1.82) is 5.26 Å². The van der Waals surface area contributed by atoms with E-state index in [1.165, 1.54) is 0 Å².